The number of hydrogen-bond donors (Lipinski definition) is 4. The van der Waals surface area contributed by atoms with E-state index in [-0.39, 0.29) is 34.0 Å². The first kappa shape index (κ1) is 69.8. The van der Waals surface area contributed by atoms with Gasteiger partial charge in [-0.25, -0.2) is 0 Å². The van der Waals surface area contributed by atoms with Gasteiger partial charge >= 0.3 is 14.8 Å². The van der Waals surface area contributed by atoms with E-state index in [9.17, 15) is 14.7 Å². The van der Waals surface area contributed by atoms with Gasteiger partial charge in [-0.3, -0.25) is 19.4 Å². The molecule has 4 unspecified atom stereocenters. The van der Waals surface area contributed by atoms with Crippen LogP contribution in [0.5, 0.6) is 0 Å². The van der Waals surface area contributed by atoms with Crippen molar-refractivity contribution in [1.29, 1.82) is 0 Å². The molecule has 12 heteroatoms. The van der Waals surface area contributed by atoms with Gasteiger partial charge in [0.1, 0.15) is 23.5 Å². The number of carboxylic acids is 1. The minimum Gasteiger partial charge on any atom is -0.481 e. The van der Waals surface area contributed by atoms with Gasteiger partial charge < -0.3 is 33.5 Å². The van der Waals surface area contributed by atoms with Crippen LogP contribution in [0.4, 0.5) is 22.7 Å². The summed E-state index contributed by atoms with van der Waals surface area (Å²) >= 11 is 0. The van der Waals surface area contributed by atoms with Crippen LogP contribution in [-0.4, -0.2) is 91.9 Å². The second-order valence-corrected chi connectivity index (χ2v) is 29.5. The molecule has 0 fully saturated rings. The molecular formula is C77H107N5O6Si+2. The zero-order valence-electron chi connectivity index (χ0n) is 56.2. The molecule has 8 rings (SSSR count). The molecule has 0 spiro atoms. The van der Waals surface area contributed by atoms with Crippen LogP contribution in [-0.2, 0) is 44.5 Å². The van der Waals surface area contributed by atoms with Crippen LogP contribution in [0, 0.1) is 0 Å². The van der Waals surface area contributed by atoms with Gasteiger partial charge in [-0.2, -0.15) is 0 Å². The highest BCUT2D eigenvalue weighted by Gasteiger charge is 2.49. The number of carboxylic acid groups (broad SMARTS) is 1. The van der Waals surface area contributed by atoms with Crippen molar-refractivity contribution in [2.24, 2.45) is 0 Å². The molecule has 0 saturated heterocycles. The van der Waals surface area contributed by atoms with E-state index in [2.05, 4.69) is 260 Å². The number of amides is 1. The molecule has 4 heterocycles. The van der Waals surface area contributed by atoms with Gasteiger partial charge in [0.15, 0.2) is 0 Å². The fourth-order valence-corrected chi connectivity index (χ4v) is 15.9. The van der Waals surface area contributed by atoms with Crippen LogP contribution < -0.4 is 24.9 Å². The molecular weight excluding hydrogens is 1120 g/mol. The zero-order valence-corrected chi connectivity index (χ0v) is 57.2. The Kier molecular flexibility index (Phi) is 25.4. The normalized spacial score (nSPS) is 21.3. The van der Waals surface area contributed by atoms with E-state index in [1.807, 2.05) is 6.07 Å². The molecule has 11 nitrogen and oxygen atoms in total. The Hall–Kier alpha value is -6.64. The van der Waals surface area contributed by atoms with Crippen molar-refractivity contribution < 1.29 is 37.8 Å². The summed E-state index contributed by atoms with van der Waals surface area (Å²) in [5, 5.41) is 12.3. The Bertz CT molecular complexity index is 3220. The van der Waals surface area contributed by atoms with Crippen LogP contribution >= 0.6 is 0 Å². The summed E-state index contributed by atoms with van der Waals surface area (Å²) in [4.78, 5) is 31.6. The van der Waals surface area contributed by atoms with Gasteiger partial charge in [0.2, 0.25) is 5.91 Å². The molecule has 4 aliphatic heterocycles. The number of hydrogen-bond acceptors (Lipinski definition) is 7. The van der Waals surface area contributed by atoms with Crippen molar-refractivity contribution in [3.8, 4) is 0 Å². The smallest absolute Gasteiger partial charge is 0.481 e. The maximum Gasteiger partial charge on any atom is 0.500 e. The van der Waals surface area contributed by atoms with E-state index in [0.717, 1.165) is 56.7 Å². The predicted octanol–water partition coefficient (Wildman–Crippen LogP) is 14.4. The molecule has 4 aromatic carbocycles. The Morgan fingerprint density at radius 3 is 1.38 bits per heavy atom. The molecule has 478 valence electrons. The number of benzene rings is 4. The fraction of sp³-hybridized carbons (Fsp3) is 0.455. The maximum absolute atomic E-state index is 12.5. The lowest BCUT2D eigenvalue weighted by Crippen LogP contribution is -3.10. The number of carbonyl (C=O) groups is 2. The first-order valence-electron chi connectivity index (χ1n) is 33.0. The van der Waals surface area contributed by atoms with Crippen molar-refractivity contribution in [2.45, 2.75) is 173 Å². The Morgan fingerprint density at radius 2 is 0.933 bits per heavy atom. The zero-order chi connectivity index (χ0) is 64.2. The molecule has 89 heavy (non-hydrogen) atoms. The molecule has 0 bridgehead atoms. The van der Waals surface area contributed by atoms with E-state index in [1.165, 1.54) is 70.7 Å². The number of nitrogens with zero attached hydrogens (tertiary/aromatic N) is 2. The predicted molar refractivity (Wildman–Crippen MR) is 372 cm³/mol. The minimum atomic E-state index is -2.59. The van der Waals surface area contributed by atoms with Crippen LogP contribution in [0.1, 0.15) is 156 Å². The highest BCUT2D eigenvalue weighted by molar-refractivity contribution is 6.60. The standard InChI is InChI=1S/C43H63N3O4Si.C34H42N2O2/c1-9-10-32-45-37-26-20-18-24-35(37)42(2,3)39(45)28-15-12-11-13-16-29-40-43(4,5)36-25-19-21-27-38(36)46(40)33-22-14-17-30-41(47)44-31-23-34-51(48-6,49-7)50-8;1-6-7-24-35-28-19-15-13-17-26(28)33(2,3)30(35)21-11-9-8-10-12-22-31-34(4,5)27-18-14-16-20-29(27)36(31)25-23-32(37)38/h11-13,15-16,18-21,24-29,39H,9-10,14,17,22-23,30-34H2,1-8H3,(H,44,47);8-22,30H,6-7,23-25H2,1-5H3,(H,37,38)/p+2/b12-11+,16-13+,28-15+,40-29+;9-8+,12-10+,21-11+,31-22+. The lowest BCUT2D eigenvalue weighted by atomic mass is 9.80. The van der Waals surface area contributed by atoms with Crippen molar-refractivity contribution >= 4 is 43.4 Å². The summed E-state index contributed by atoms with van der Waals surface area (Å²) in [6, 6.07) is 36.5. The van der Waals surface area contributed by atoms with Crippen LogP contribution in [0.25, 0.3) is 0 Å². The van der Waals surface area contributed by atoms with E-state index >= 15 is 0 Å². The molecule has 4 aliphatic rings. The van der Waals surface area contributed by atoms with E-state index < -0.39 is 14.8 Å². The fourth-order valence-electron chi connectivity index (χ4n) is 14.1. The van der Waals surface area contributed by atoms with E-state index in [0.29, 0.717) is 37.6 Å². The second kappa shape index (κ2) is 32.4. The average molecular weight is 1230 g/mol. The highest BCUT2D eigenvalue weighted by atomic mass is 28.4. The first-order chi connectivity index (χ1) is 42.7. The highest BCUT2D eigenvalue weighted by Crippen LogP contribution is 2.49. The SMILES string of the molecule is CCCC[NH+]1c2ccccc2C(C)(C)C1/C=C/C=C/C=C/C=C1/N(CCC(=O)O)c2ccccc2C1(C)C.CCCC[NH+]1c2ccccc2C(C)(C)C1/C=C/C=C/C=C/C=C1/N(CCCCCC(=O)NCCC[Si](OC)(OC)OC)c2ccccc2C1(C)C. The molecule has 0 aromatic heterocycles. The monoisotopic (exact) mass is 1230 g/mol. The van der Waals surface area contributed by atoms with Crippen molar-refractivity contribution in [2.75, 3.05) is 63.9 Å². The lowest BCUT2D eigenvalue weighted by molar-refractivity contribution is -0.850. The van der Waals surface area contributed by atoms with Gasteiger partial charge in [-0.1, -0.05) is 194 Å². The number of allylic oxidation sites excluding steroid dienone is 14. The summed E-state index contributed by atoms with van der Waals surface area (Å²) in [5.41, 5.74) is 13.2. The van der Waals surface area contributed by atoms with E-state index in [1.54, 1.807) is 31.1 Å². The topological polar surface area (TPSA) is 109 Å². The van der Waals surface area contributed by atoms with Gasteiger partial charge in [0.05, 0.1) is 30.3 Å². The molecule has 1 amide bonds. The molecule has 4 atom stereocenters. The number of nitrogens with one attached hydrogen (secondary N) is 3. The number of unbranched alkanes of at least 4 members (excludes halogenated alkanes) is 4. The number of anilines is 2. The van der Waals surface area contributed by atoms with Crippen LogP contribution in [0.3, 0.4) is 0 Å². The number of aliphatic carboxylic acids is 1. The second-order valence-electron chi connectivity index (χ2n) is 26.5. The third-order valence-corrected chi connectivity index (χ3v) is 22.0. The van der Waals surface area contributed by atoms with Crippen molar-refractivity contribution in [1.82, 2.24) is 5.32 Å². The van der Waals surface area contributed by atoms with Gasteiger partial charge in [-0.05, 0) is 119 Å². The summed E-state index contributed by atoms with van der Waals surface area (Å²) in [6.07, 6.45) is 39.7. The molecule has 0 aliphatic carbocycles. The molecule has 0 radical (unpaired) electrons. The number of carbonyl (C=O) groups excluding carboxylic acids is 1. The average Bonchev–Trinajstić information content (AvgIpc) is 1.69. The molecule has 0 saturated carbocycles. The van der Waals surface area contributed by atoms with Crippen molar-refractivity contribution in [3.05, 3.63) is 216 Å². The Labute approximate surface area is 536 Å². The van der Waals surface area contributed by atoms with Gasteiger partial charge in [-0.15, -0.1) is 0 Å². The van der Waals surface area contributed by atoms with Gasteiger partial charge in [0.25, 0.3) is 0 Å². The third kappa shape index (κ3) is 16.7. The van der Waals surface area contributed by atoms with Crippen LogP contribution in [0.2, 0.25) is 6.04 Å². The maximum atomic E-state index is 12.5. The third-order valence-electron chi connectivity index (χ3n) is 19.2. The largest absolute Gasteiger partial charge is 0.500 e. The summed E-state index contributed by atoms with van der Waals surface area (Å²) in [5.74, 6) is -0.677. The first-order valence-corrected chi connectivity index (χ1v) is 34.9. The van der Waals surface area contributed by atoms with Gasteiger partial charge in [0, 0.05) is 98.2 Å². The van der Waals surface area contributed by atoms with Crippen molar-refractivity contribution in [3.63, 3.8) is 0 Å². The quantitative estimate of drug-likeness (QED) is 0.0232. The minimum absolute atomic E-state index is 0.0900. The lowest BCUT2D eigenvalue weighted by Gasteiger charge is -2.27. The summed E-state index contributed by atoms with van der Waals surface area (Å²) in [6.45, 7) is 27.4. The number of rotatable bonds is 30. The number of quaternary nitrogens is 2. The number of fused-ring (bicyclic) bond motifs is 4. The summed E-state index contributed by atoms with van der Waals surface area (Å²) in [7, 11) is 2.26. The Morgan fingerprint density at radius 1 is 0.517 bits per heavy atom. The summed E-state index contributed by atoms with van der Waals surface area (Å²) < 4.78 is 16.4. The van der Waals surface area contributed by atoms with E-state index in [4.69, 9.17) is 13.3 Å². The molecule has 4 aromatic rings. The number of para-hydroxylation sites is 4. The molecule has 4 N–H and O–H groups in total. The van der Waals surface area contributed by atoms with Crippen LogP contribution in [0.15, 0.2) is 194 Å². The Balaban J connectivity index is 0.000000264.